The van der Waals surface area contributed by atoms with Gasteiger partial charge in [0.1, 0.15) is 10.6 Å². The quantitative estimate of drug-likeness (QED) is 0.262. The summed E-state index contributed by atoms with van der Waals surface area (Å²) in [6.45, 7) is 1.69. The van der Waals surface area contributed by atoms with Crippen LogP contribution in [-0.2, 0) is 14.9 Å². The first-order valence-corrected chi connectivity index (χ1v) is 11.6. The van der Waals surface area contributed by atoms with E-state index < -0.39 is 16.1 Å². The van der Waals surface area contributed by atoms with Gasteiger partial charge in [0.15, 0.2) is 0 Å². The maximum atomic E-state index is 12.9. The Labute approximate surface area is 187 Å². The van der Waals surface area contributed by atoms with Crippen LogP contribution in [0.3, 0.4) is 0 Å². The van der Waals surface area contributed by atoms with Crippen LogP contribution in [0.25, 0.3) is 6.08 Å². The molecule has 162 valence electrons. The largest absolute Gasteiger partial charge is 0.422 e. The highest BCUT2D eigenvalue weighted by Crippen LogP contribution is 2.26. The molecule has 0 unspecified atom stereocenters. The van der Waals surface area contributed by atoms with E-state index in [9.17, 15) is 18.0 Å². The second-order valence-corrected chi connectivity index (χ2v) is 9.13. The predicted molar refractivity (Wildman–Crippen MR) is 121 cm³/mol. The van der Waals surface area contributed by atoms with Gasteiger partial charge in [-0.2, -0.15) is 18.5 Å². The lowest BCUT2D eigenvalue weighted by atomic mass is 10.1. The van der Waals surface area contributed by atoms with Gasteiger partial charge in [-0.3, -0.25) is 9.35 Å². The van der Waals surface area contributed by atoms with Crippen molar-refractivity contribution in [2.24, 2.45) is 5.10 Å². The van der Waals surface area contributed by atoms with Crippen LogP contribution in [0, 0.1) is 0 Å². The van der Waals surface area contributed by atoms with Crippen LogP contribution in [0.5, 0.6) is 5.75 Å². The summed E-state index contributed by atoms with van der Waals surface area (Å²) in [5, 5.41) is 7.20. The average Bonchev–Trinajstić information content (AvgIpc) is 3.39. The summed E-state index contributed by atoms with van der Waals surface area (Å²) in [5.74, 6) is -0.430. The minimum absolute atomic E-state index is 0.274. The van der Waals surface area contributed by atoms with Crippen molar-refractivity contribution in [3.8, 4) is 5.75 Å². The lowest BCUT2D eigenvalue weighted by molar-refractivity contribution is -0.114. The van der Waals surface area contributed by atoms with Crippen LogP contribution in [-0.4, -0.2) is 30.6 Å². The number of ether oxygens (including phenoxy) is 1. The van der Waals surface area contributed by atoms with Crippen molar-refractivity contribution in [1.82, 2.24) is 0 Å². The Morgan fingerprint density at radius 2 is 1.78 bits per heavy atom. The van der Waals surface area contributed by atoms with Gasteiger partial charge in [0.2, 0.25) is 0 Å². The average molecular weight is 469 g/mol. The number of hydrogen-bond acceptors (Lipinski definition) is 7. The molecule has 0 fully saturated rings. The van der Waals surface area contributed by atoms with E-state index in [1.165, 1.54) is 35.6 Å². The van der Waals surface area contributed by atoms with Gasteiger partial charge in [0.25, 0.3) is 16.0 Å². The number of thiophene rings is 1. The smallest absolute Gasteiger partial charge is 0.353 e. The molecule has 10 heteroatoms. The predicted octanol–water partition coefficient (Wildman–Crippen LogP) is 4.02. The third-order valence-electron chi connectivity index (χ3n) is 4.57. The van der Waals surface area contributed by atoms with Gasteiger partial charge in [0, 0.05) is 0 Å². The number of amides is 1. The maximum absolute atomic E-state index is 12.9. The van der Waals surface area contributed by atoms with Gasteiger partial charge in [0.05, 0.1) is 21.9 Å². The standard InChI is InChI=1S/C22H16N2O6S2/c1-14-19(21(25)24(23-14)16-6-10-18(11-7-16)32(27,28)29)13-15-4-8-17(9-5-15)30-22(26)20-3-2-12-31-20/h2-13H,1H3,(H,27,28,29)/b19-13+. The van der Waals surface area contributed by atoms with Crippen molar-refractivity contribution in [1.29, 1.82) is 0 Å². The van der Waals surface area contributed by atoms with Crippen LogP contribution in [0.2, 0.25) is 0 Å². The zero-order valence-electron chi connectivity index (χ0n) is 16.6. The van der Waals surface area contributed by atoms with Crippen molar-refractivity contribution in [3.63, 3.8) is 0 Å². The molecule has 1 amide bonds. The highest BCUT2D eigenvalue weighted by atomic mass is 32.2. The molecular weight excluding hydrogens is 452 g/mol. The van der Waals surface area contributed by atoms with Gasteiger partial charge in [-0.1, -0.05) is 18.2 Å². The van der Waals surface area contributed by atoms with E-state index in [2.05, 4.69) is 5.10 Å². The van der Waals surface area contributed by atoms with Gasteiger partial charge in [-0.25, -0.2) is 4.79 Å². The molecule has 1 aromatic heterocycles. The minimum atomic E-state index is -4.32. The first-order chi connectivity index (χ1) is 15.2. The molecule has 4 rings (SSSR count). The SMILES string of the molecule is CC1=NN(c2ccc(S(=O)(=O)O)cc2)C(=O)/C1=C/c1ccc(OC(=O)c2cccs2)cc1. The normalized spacial score (nSPS) is 15.2. The molecule has 8 nitrogen and oxygen atoms in total. The Hall–Kier alpha value is -3.60. The monoisotopic (exact) mass is 468 g/mol. The molecule has 2 heterocycles. The minimum Gasteiger partial charge on any atom is -0.422 e. The van der Waals surface area contributed by atoms with Crippen LogP contribution >= 0.6 is 11.3 Å². The highest BCUT2D eigenvalue weighted by molar-refractivity contribution is 7.85. The number of benzene rings is 2. The third kappa shape index (κ3) is 4.52. The summed E-state index contributed by atoms with van der Waals surface area (Å²) in [6, 6.07) is 15.3. The zero-order valence-corrected chi connectivity index (χ0v) is 18.3. The first kappa shape index (κ1) is 21.6. The van der Waals surface area contributed by atoms with Crippen LogP contribution in [0.1, 0.15) is 22.2 Å². The van der Waals surface area contributed by atoms with E-state index in [1.807, 2.05) is 0 Å². The summed E-state index contributed by atoms with van der Waals surface area (Å²) in [6.07, 6.45) is 1.67. The Bertz CT molecular complexity index is 1340. The number of carbonyl (C=O) groups excluding carboxylic acids is 2. The van der Waals surface area contributed by atoms with E-state index in [-0.39, 0.29) is 10.8 Å². The zero-order chi connectivity index (χ0) is 22.9. The molecule has 0 saturated carbocycles. The van der Waals surface area contributed by atoms with Crippen molar-refractivity contribution in [2.45, 2.75) is 11.8 Å². The number of esters is 1. The number of hydrazone groups is 1. The van der Waals surface area contributed by atoms with Crippen molar-refractivity contribution in [2.75, 3.05) is 5.01 Å². The Balaban J connectivity index is 1.50. The topological polar surface area (TPSA) is 113 Å². The molecule has 32 heavy (non-hydrogen) atoms. The number of carbonyl (C=O) groups is 2. The molecule has 1 aliphatic heterocycles. The molecule has 1 N–H and O–H groups in total. The first-order valence-electron chi connectivity index (χ1n) is 9.27. The summed E-state index contributed by atoms with van der Waals surface area (Å²) in [5.41, 5.74) is 1.93. The molecule has 0 saturated heterocycles. The molecular formula is C22H16N2O6S2. The molecule has 0 bridgehead atoms. The molecule has 2 aromatic carbocycles. The fourth-order valence-electron chi connectivity index (χ4n) is 2.97. The van der Waals surface area contributed by atoms with Gasteiger partial charge >= 0.3 is 5.97 Å². The van der Waals surface area contributed by atoms with Crippen molar-refractivity contribution >= 4 is 50.8 Å². The molecule has 1 aliphatic rings. The lowest BCUT2D eigenvalue weighted by Crippen LogP contribution is -2.21. The number of hydrogen-bond donors (Lipinski definition) is 1. The summed E-state index contributed by atoms with van der Waals surface area (Å²) >= 11 is 1.29. The van der Waals surface area contributed by atoms with Crippen LogP contribution in [0.15, 0.2) is 81.6 Å². The van der Waals surface area contributed by atoms with E-state index >= 15 is 0 Å². The maximum Gasteiger partial charge on any atom is 0.353 e. The second-order valence-electron chi connectivity index (χ2n) is 6.77. The Morgan fingerprint density at radius 3 is 2.38 bits per heavy atom. The summed E-state index contributed by atoms with van der Waals surface area (Å²) in [7, 11) is -4.32. The number of rotatable bonds is 5. The molecule has 0 spiro atoms. The summed E-state index contributed by atoms with van der Waals surface area (Å²) < 4.78 is 36.8. The van der Waals surface area contributed by atoms with Gasteiger partial charge < -0.3 is 4.74 Å². The molecule has 3 aromatic rings. The Kier molecular flexibility index (Phi) is 5.74. The lowest BCUT2D eigenvalue weighted by Gasteiger charge is -2.12. The van der Waals surface area contributed by atoms with Crippen molar-refractivity contribution in [3.05, 3.63) is 82.1 Å². The number of nitrogens with zero attached hydrogens (tertiary/aromatic N) is 2. The molecule has 0 atom stereocenters. The van der Waals surface area contributed by atoms with E-state index in [4.69, 9.17) is 9.29 Å². The van der Waals surface area contributed by atoms with Gasteiger partial charge in [-0.05, 0) is 66.4 Å². The molecule has 0 aliphatic carbocycles. The van der Waals surface area contributed by atoms with E-state index in [0.717, 1.165) is 5.01 Å². The Morgan fingerprint density at radius 1 is 1.09 bits per heavy atom. The van der Waals surface area contributed by atoms with Crippen LogP contribution in [0.4, 0.5) is 5.69 Å². The third-order valence-corrected chi connectivity index (χ3v) is 6.28. The van der Waals surface area contributed by atoms with E-state index in [1.54, 1.807) is 54.8 Å². The second kappa shape index (κ2) is 8.50. The number of anilines is 1. The molecule has 0 radical (unpaired) electrons. The van der Waals surface area contributed by atoms with Gasteiger partial charge in [-0.15, -0.1) is 11.3 Å². The fraction of sp³-hybridized carbons (Fsp3) is 0.0455. The van der Waals surface area contributed by atoms with Crippen LogP contribution < -0.4 is 9.75 Å². The fourth-order valence-corrected chi connectivity index (χ4v) is 4.05. The highest BCUT2D eigenvalue weighted by Gasteiger charge is 2.29. The van der Waals surface area contributed by atoms with Crippen molar-refractivity contribution < 1.29 is 27.3 Å². The summed E-state index contributed by atoms with van der Waals surface area (Å²) in [4.78, 5) is 25.1. The van der Waals surface area contributed by atoms with E-state index in [0.29, 0.717) is 33.2 Å².